The van der Waals surface area contributed by atoms with Gasteiger partial charge in [0.1, 0.15) is 0 Å². The first-order valence-electron chi connectivity index (χ1n) is 6.08. The number of nitro groups is 1. The second-order valence-corrected chi connectivity index (χ2v) is 4.37. The first kappa shape index (κ1) is 14.4. The second-order valence-electron chi connectivity index (χ2n) is 4.37. The van der Waals surface area contributed by atoms with Crippen molar-refractivity contribution in [3.05, 3.63) is 75.3 Å². The molecule has 0 aromatic heterocycles. The van der Waals surface area contributed by atoms with E-state index in [1.807, 2.05) is 0 Å². The molecular formula is C15H11NO5. The van der Waals surface area contributed by atoms with E-state index in [0.717, 1.165) is 0 Å². The number of hydrogen-bond acceptors (Lipinski definition) is 4. The molecule has 0 bridgehead atoms. The van der Waals surface area contributed by atoms with Crippen LogP contribution in [0.3, 0.4) is 0 Å². The molecule has 0 unspecified atom stereocenters. The number of aromatic carboxylic acids is 1. The molecule has 2 rings (SSSR count). The van der Waals surface area contributed by atoms with Crippen LogP contribution in [-0.4, -0.2) is 21.8 Å². The van der Waals surface area contributed by atoms with E-state index in [0.29, 0.717) is 11.1 Å². The van der Waals surface area contributed by atoms with Crippen molar-refractivity contribution >= 4 is 17.4 Å². The summed E-state index contributed by atoms with van der Waals surface area (Å²) in [6.07, 6.45) is -0.0692. The van der Waals surface area contributed by atoms with Crippen LogP contribution in [0.4, 0.5) is 5.69 Å². The molecule has 106 valence electrons. The van der Waals surface area contributed by atoms with Gasteiger partial charge in [0.05, 0.1) is 10.5 Å². The molecule has 0 aliphatic carbocycles. The summed E-state index contributed by atoms with van der Waals surface area (Å²) in [5.74, 6) is -1.39. The van der Waals surface area contributed by atoms with Crippen LogP contribution in [-0.2, 0) is 6.42 Å². The molecule has 0 aliphatic heterocycles. The van der Waals surface area contributed by atoms with E-state index >= 15 is 0 Å². The molecule has 2 aromatic rings. The molecule has 0 amide bonds. The number of ketones is 1. The molecule has 21 heavy (non-hydrogen) atoms. The zero-order valence-electron chi connectivity index (χ0n) is 10.9. The molecule has 2 aromatic carbocycles. The molecule has 0 saturated carbocycles. The van der Waals surface area contributed by atoms with Gasteiger partial charge in [0.15, 0.2) is 5.78 Å². The summed E-state index contributed by atoms with van der Waals surface area (Å²) in [6, 6.07) is 11.5. The normalized spacial score (nSPS) is 10.1. The standard InChI is InChI=1S/C15H11NO5/c17-14(10-5-7-12(8-6-10)16(20)21)9-11-3-1-2-4-13(11)15(18)19/h1-8H,9H2,(H,18,19). The van der Waals surface area contributed by atoms with Crippen LogP contribution >= 0.6 is 0 Å². The SMILES string of the molecule is O=C(Cc1ccccc1C(=O)O)c1ccc([N+](=O)[O-])cc1. The highest BCUT2D eigenvalue weighted by atomic mass is 16.6. The molecule has 0 aliphatic rings. The average Bonchev–Trinajstić information content (AvgIpc) is 2.47. The molecule has 0 radical (unpaired) electrons. The van der Waals surface area contributed by atoms with Crippen molar-refractivity contribution in [2.24, 2.45) is 0 Å². The second kappa shape index (κ2) is 5.96. The minimum absolute atomic E-state index is 0.0692. The maximum atomic E-state index is 12.1. The van der Waals surface area contributed by atoms with Gasteiger partial charge in [-0.1, -0.05) is 18.2 Å². The minimum Gasteiger partial charge on any atom is -0.478 e. The highest BCUT2D eigenvalue weighted by Crippen LogP contribution is 2.16. The number of nitrogens with zero attached hydrogens (tertiary/aromatic N) is 1. The van der Waals surface area contributed by atoms with Crippen molar-refractivity contribution in [3.63, 3.8) is 0 Å². The Labute approximate surface area is 119 Å². The third kappa shape index (κ3) is 3.30. The maximum Gasteiger partial charge on any atom is 0.335 e. The lowest BCUT2D eigenvalue weighted by molar-refractivity contribution is -0.384. The van der Waals surface area contributed by atoms with Crippen LogP contribution in [0.5, 0.6) is 0 Å². The van der Waals surface area contributed by atoms with Gasteiger partial charge in [-0.2, -0.15) is 0 Å². The van der Waals surface area contributed by atoms with Gasteiger partial charge in [0.2, 0.25) is 0 Å². The summed E-state index contributed by atoms with van der Waals surface area (Å²) in [5, 5.41) is 19.6. The number of carbonyl (C=O) groups excluding carboxylic acids is 1. The Bertz CT molecular complexity index is 706. The number of non-ortho nitro benzene ring substituents is 1. The van der Waals surface area contributed by atoms with E-state index in [-0.39, 0.29) is 23.5 Å². The van der Waals surface area contributed by atoms with Crippen LogP contribution < -0.4 is 0 Å². The Morgan fingerprint density at radius 2 is 1.67 bits per heavy atom. The molecule has 0 heterocycles. The highest BCUT2D eigenvalue weighted by Gasteiger charge is 2.14. The summed E-state index contributed by atoms with van der Waals surface area (Å²) in [4.78, 5) is 33.2. The average molecular weight is 285 g/mol. The molecule has 0 fully saturated rings. The van der Waals surface area contributed by atoms with Gasteiger partial charge in [0.25, 0.3) is 5.69 Å². The van der Waals surface area contributed by atoms with E-state index in [1.54, 1.807) is 18.2 Å². The topological polar surface area (TPSA) is 97.5 Å². The van der Waals surface area contributed by atoms with Crippen molar-refractivity contribution < 1.29 is 19.6 Å². The van der Waals surface area contributed by atoms with Gasteiger partial charge in [-0.15, -0.1) is 0 Å². The number of nitro benzene ring substituents is 1. The first-order chi connectivity index (χ1) is 9.99. The van der Waals surface area contributed by atoms with E-state index in [2.05, 4.69) is 0 Å². The van der Waals surface area contributed by atoms with Gasteiger partial charge < -0.3 is 5.11 Å². The van der Waals surface area contributed by atoms with Crippen molar-refractivity contribution in [1.82, 2.24) is 0 Å². The lowest BCUT2D eigenvalue weighted by atomic mass is 9.99. The third-order valence-electron chi connectivity index (χ3n) is 3.00. The predicted molar refractivity (Wildman–Crippen MR) is 74.5 cm³/mol. The highest BCUT2D eigenvalue weighted by molar-refractivity contribution is 5.99. The maximum absolute atomic E-state index is 12.1. The van der Waals surface area contributed by atoms with Crippen molar-refractivity contribution in [1.29, 1.82) is 0 Å². The summed E-state index contributed by atoms with van der Waals surface area (Å²) >= 11 is 0. The van der Waals surface area contributed by atoms with Gasteiger partial charge in [-0.25, -0.2) is 4.79 Å². The molecule has 0 spiro atoms. The number of carboxylic acids is 1. The Hall–Kier alpha value is -3.02. The molecule has 0 saturated heterocycles. The summed E-state index contributed by atoms with van der Waals surface area (Å²) in [6.45, 7) is 0. The fraction of sp³-hybridized carbons (Fsp3) is 0.0667. The molecule has 0 atom stereocenters. The summed E-state index contributed by atoms with van der Waals surface area (Å²) in [5.41, 5.74) is 0.694. The Balaban J connectivity index is 2.22. The molecular weight excluding hydrogens is 274 g/mol. The monoisotopic (exact) mass is 285 g/mol. The number of hydrogen-bond donors (Lipinski definition) is 1. The quantitative estimate of drug-likeness (QED) is 0.517. The van der Waals surface area contributed by atoms with Gasteiger partial charge in [-0.05, 0) is 23.8 Å². The van der Waals surface area contributed by atoms with Crippen molar-refractivity contribution in [2.45, 2.75) is 6.42 Å². The first-order valence-corrected chi connectivity index (χ1v) is 6.08. The molecule has 6 heteroatoms. The minimum atomic E-state index is -1.10. The van der Waals surface area contributed by atoms with Crippen LogP contribution in [0, 0.1) is 10.1 Å². The van der Waals surface area contributed by atoms with E-state index in [9.17, 15) is 19.7 Å². The number of carbonyl (C=O) groups is 2. The Morgan fingerprint density at radius 1 is 1.05 bits per heavy atom. The molecule has 1 N–H and O–H groups in total. The Morgan fingerprint density at radius 3 is 2.24 bits per heavy atom. The third-order valence-corrected chi connectivity index (χ3v) is 3.00. The fourth-order valence-corrected chi connectivity index (χ4v) is 1.93. The number of benzene rings is 2. The van der Waals surface area contributed by atoms with Crippen molar-refractivity contribution in [2.75, 3.05) is 0 Å². The van der Waals surface area contributed by atoms with Crippen LogP contribution in [0.25, 0.3) is 0 Å². The number of rotatable bonds is 5. The van der Waals surface area contributed by atoms with Crippen LogP contribution in [0.15, 0.2) is 48.5 Å². The van der Waals surface area contributed by atoms with Crippen LogP contribution in [0.2, 0.25) is 0 Å². The van der Waals surface area contributed by atoms with Crippen molar-refractivity contribution in [3.8, 4) is 0 Å². The fourth-order valence-electron chi connectivity index (χ4n) is 1.93. The lowest BCUT2D eigenvalue weighted by Gasteiger charge is -2.05. The van der Waals surface area contributed by atoms with Gasteiger partial charge >= 0.3 is 5.97 Å². The largest absolute Gasteiger partial charge is 0.478 e. The summed E-state index contributed by atoms with van der Waals surface area (Å²) in [7, 11) is 0. The number of carboxylic acid groups (broad SMARTS) is 1. The number of Topliss-reactive ketones (excluding diaryl/α,β-unsaturated/α-hetero) is 1. The Kier molecular flexibility index (Phi) is 4.08. The lowest BCUT2D eigenvalue weighted by Crippen LogP contribution is -2.09. The van der Waals surface area contributed by atoms with E-state index in [4.69, 9.17) is 5.11 Å². The zero-order valence-corrected chi connectivity index (χ0v) is 10.9. The molecule has 6 nitrogen and oxygen atoms in total. The van der Waals surface area contributed by atoms with E-state index < -0.39 is 10.9 Å². The van der Waals surface area contributed by atoms with Gasteiger partial charge in [0, 0.05) is 24.1 Å². The predicted octanol–water partition coefficient (Wildman–Crippen LogP) is 2.72. The van der Waals surface area contributed by atoms with Gasteiger partial charge in [-0.3, -0.25) is 14.9 Å². The summed E-state index contributed by atoms with van der Waals surface area (Å²) < 4.78 is 0. The smallest absolute Gasteiger partial charge is 0.335 e. The van der Waals surface area contributed by atoms with E-state index in [1.165, 1.54) is 30.3 Å². The zero-order chi connectivity index (χ0) is 15.4. The van der Waals surface area contributed by atoms with Crippen LogP contribution in [0.1, 0.15) is 26.3 Å².